The minimum absolute atomic E-state index is 0.270. The van der Waals surface area contributed by atoms with E-state index in [4.69, 9.17) is 4.74 Å². The van der Waals surface area contributed by atoms with E-state index in [0.29, 0.717) is 29.9 Å². The third-order valence-corrected chi connectivity index (χ3v) is 7.88. The van der Waals surface area contributed by atoms with E-state index in [1.165, 1.54) is 18.1 Å². The highest BCUT2D eigenvalue weighted by atomic mass is 16.5. The summed E-state index contributed by atoms with van der Waals surface area (Å²) in [6, 6.07) is 6.59. The maximum Gasteiger partial charge on any atom is 0.308 e. The van der Waals surface area contributed by atoms with Crippen molar-refractivity contribution in [3.8, 4) is 11.8 Å². The van der Waals surface area contributed by atoms with E-state index >= 15 is 0 Å². The monoisotopic (exact) mass is 367 g/mol. The molecule has 5 atom stereocenters. The molecule has 0 amide bonds. The molecular weight excluding hydrogens is 338 g/mol. The van der Waals surface area contributed by atoms with Crippen molar-refractivity contribution in [1.29, 1.82) is 5.26 Å². The van der Waals surface area contributed by atoms with Gasteiger partial charge in [0.1, 0.15) is 5.75 Å². The molecule has 4 rings (SSSR count). The molecule has 1 aromatic carbocycles. The van der Waals surface area contributed by atoms with Crippen molar-refractivity contribution in [3.63, 3.8) is 0 Å². The summed E-state index contributed by atoms with van der Waals surface area (Å²) in [5, 5.41) is 20.5. The number of carbonyl (C=O) groups is 1. The van der Waals surface area contributed by atoms with Crippen LogP contribution in [0.2, 0.25) is 0 Å². The van der Waals surface area contributed by atoms with Crippen LogP contribution in [0.4, 0.5) is 0 Å². The molecule has 4 nitrogen and oxygen atoms in total. The second-order valence-corrected chi connectivity index (χ2v) is 8.99. The summed E-state index contributed by atoms with van der Waals surface area (Å²) in [6.07, 6.45) is 6.37. The van der Waals surface area contributed by atoms with Crippen molar-refractivity contribution in [2.45, 2.75) is 77.2 Å². The Hall–Kier alpha value is -1.86. The number of aliphatic hydroxyl groups is 1. The highest BCUT2D eigenvalue weighted by Crippen LogP contribution is 2.64. The van der Waals surface area contributed by atoms with Gasteiger partial charge < -0.3 is 9.84 Å². The molecule has 1 aromatic rings. The minimum atomic E-state index is -1.17. The smallest absolute Gasteiger partial charge is 0.308 e. The number of carbonyl (C=O) groups excluding carboxylic acids is 1. The van der Waals surface area contributed by atoms with E-state index in [9.17, 15) is 15.2 Å². The van der Waals surface area contributed by atoms with Crippen LogP contribution < -0.4 is 4.74 Å². The number of nitrogens with zero attached hydrogens (tertiary/aromatic N) is 1. The van der Waals surface area contributed by atoms with Gasteiger partial charge in [0.2, 0.25) is 0 Å². The zero-order chi connectivity index (χ0) is 19.4. The number of fused-ring (bicyclic) bond motifs is 5. The molecule has 1 N–H and O–H groups in total. The average molecular weight is 367 g/mol. The molecule has 3 aliphatic carbocycles. The second kappa shape index (κ2) is 6.34. The number of rotatable bonds is 2. The first-order valence-electron chi connectivity index (χ1n) is 10.3. The second-order valence-electron chi connectivity index (χ2n) is 8.99. The third-order valence-electron chi connectivity index (χ3n) is 7.88. The van der Waals surface area contributed by atoms with Crippen molar-refractivity contribution in [1.82, 2.24) is 0 Å². The van der Waals surface area contributed by atoms with E-state index in [1.807, 2.05) is 0 Å². The Morgan fingerprint density at radius 1 is 1.33 bits per heavy atom. The van der Waals surface area contributed by atoms with Crippen molar-refractivity contribution >= 4 is 5.97 Å². The van der Waals surface area contributed by atoms with Crippen LogP contribution in [0.3, 0.4) is 0 Å². The largest absolute Gasteiger partial charge is 0.426 e. The molecule has 0 radical (unpaired) electrons. The standard InChI is InChI=1S/C23H29NO3/c1-4-15-11-19-16(12-21(15)27-14(2)25)5-6-18-17(19)7-9-22(3)20(18)8-10-23(22,26)13-24/h11-12,17-18,20,26H,4-10H2,1-3H3/t17-,18+,20-,22-,23+/m0/s1. The molecule has 0 aliphatic heterocycles. The van der Waals surface area contributed by atoms with Gasteiger partial charge in [0.25, 0.3) is 0 Å². The Balaban J connectivity index is 1.70. The number of ether oxygens (including phenoxy) is 1. The van der Waals surface area contributed by atoms with Gasteiger partial charge in [0.15, 0.2) is 5.60 Å². The summed E-state index contributed by atoms with van der Waals surface area (Å²) in [7, 11) is 0. The molecule has 0 bridgehead atoms. The van der Waals surface area contributed by atoms with Gasteiger partial charge in [-0.1, -0.05) is 19.9 Å². The molecule has 144 valence electrons. The normalized spacial score (nSPS) is 36.9. The van der Waals surface area contributed by atoms with Gasteiger partial charge in [-0.2, -0.15) is 5.26 Å². The number of nitriles is 1. The highest BCUT2D eigenvalue weighted by Gasteiger charge is 2.62. The van der Waals surface area contributed by atoms with Crippen LogP contribution in [0.5, 0.6) is 5.75 Å². The third kappa shape index (κ3) is 2.63. The van der Waals surface area contributed by atoms with Gasteiger partial charge in [0.05, 0.1) is 6.07 Å². The van der Waals surface area contributed by atoms with Crippen LogP contribution in [0, 0.1) is 28.6 Å². The van der Waals surface area contributed by atoms with Crippen molar-refractivity contribution in [2.75, 3.05) is 0 Å². The lowest BCUT2D eigenvalue weighted by Crippen LogP contribution is -2.50. The summed E-state index contributed by atoms with van der Waals surface area (Å²) < 4.78 is 5.46. The quantitative estimate of drug-likeness (QED) is 0.481. The van der Waals surface area contributed by atoms with Gasteiger partial charge in [-0.05, 0) is 85.5 Å². The topological polar surface area (TPSA) is 70.3 Å². The first kappa shape index (κ1) is 18.5. The zero-order valence-corrected chi connectivity index (χ0v) is 16.5. The molecule has 4 heteroatoms. The van der Waals surface area contributed by atoms with E-state index in [1.54, 1.807) is 0 Å². The van der Waals surface area contributed by atoms with Crippen LogP contribution in [0.25, 0.3) is 0 Å². The highest BCUT2D eigenvalue weighted by molar-refractivity contribution is 5.70. The molecule has 0 spiro atoms. The van der Waals surface area contributed by atoms with Crippen molar-refractivity contribution in [2.24, 2.45) is 17.3 Å². The summed E-state index contributed by atoms with van der Waals surface area (Å²) in [6.45, 7) is 5.69. The maximum absolute atomic E-state index is 11.5. The van der Waals surface area contributed by atoms with Crippen molar-refractivity contribution < 1.29 is 14.6 Å². The van der Waals surface area contributed by atoms with Gasteiger partial charge in [0, 0.05) is 12.3 Å². The lowest BCUT2D eigenvalue weighted by atomic mass is 9.53. The molecule has 2 saturated carbocycles. The lowest BCUT2D eigenvalue weighted by molar-refractivity contribution is -0.131. The van der Waals surface area contributed by atoms with Gasteiger partial charge in [-0.3, -0.25) is 4.79 Å². The molecule has 0 saturated heterocycles. The Bertz CT molecular complexity index is 826. The van der Waals surface area contributed by atoms with Gasteiger partial charge in [-0.25, -0.2) is 0 Å². The van der Waals surface area contributed by atoms with Crippen LogP contribution >= 0.6 is 0 Å². The van der Waals surface area contributed by atoms with E-state index < -0.39 is 5.60 Å². The zero-order valence-electron chi connectivity index (χ0n) is 16.5. The lowest BCUT2D eigenvalue weighted by Gasteiger charge is -2.51. The number of aryl methyl sites for hydroxylation is 2. The Morgan fingerprint density at radius 3 is 2.78 bits per heavy atom. The molecular formula is C23H29NO3. The molecule has 0 heterocycles. The molecule has 0 unspecified atom stereocenters. The summed E-state index contributed by atoms with van der Waals surface area (Å²) in [4.78, 5) is 11.5. The van der Waals surface area contributed by atoms with Crippen LogP contribution in [-0.4, -0.2) is 16.7 Å². The molecule has 2 fully saturated rings. The fourth-order valence-corrected chi connectivity index (χ4v) is 6.37. The Morgan fingerprint density at radius 2 is 2.11 bits per heavy atom. The van der Waals surface area contributed by atoms with E-state index in [-0.39, 0.29) is 11.4 Å². The number of esters is 1. The molecule has 3 aliphatic rings. The number of hydrogen-bond acceptors (Lipinski definition) is 4. The molecule has 0 aromatic heterocycles. The summed E-state index contributed by atoms with van der Waals surface area (Å²) in [5.41, 5.74) is 2.36. The average Bonchev–Trinajstić information content (AvgIpc) is 2.92. The fraction of sp³-hybridized carbons (Fsp3) is 0.652. The molecule has 27 heavy (non-hydrogen) atoms. The fourth-order valence-electron chi connectivity index (χ4n) is 6.37. The van der Waals surface area contributed by atoms with Crippen LogP contribution in [0.1, 0.15) is 75.5 Å². The summed E-state index contributed by atoms with van der Waals surface area (Å²) in [5.74, 6) is 1.87. The number of hydrogen-bond donors (Lipinski definition) is 1. The number of benzene rings is 1. The predicted octanol–water partition coefficient (Wildman–Crippen LogP) is 4.29. The first-order valence-corrected chi connectivity index (χ1v) is 10.3. The Kier molecular flexibility index (Phi) is 4.35. The van der Waals surface area contributed by atoms with E-state index in [0.717, 1.165) is 44.1 Å². The van der Waals surface area contributed by atoms with Gasteiger partial charge in [-0.15, -0.1) is 0 Å². The van der Waals surface area contributed by atoms with Crippen LogP contribution in [-0.2, 0) is 17.6 Å². The summed E-state index contributed by atoms with van der Waals surface area (Å²) >= 11 is 0. The Labute approximate surface area is 161 Å². The maximum atomic E-state index is 11.5. The first-order chi connectivity index (χ1) is 12.8. The predicted molar refractivity (Wildman–Crippen MR) is 102 cm³/mol. The van der Waals surface area contributed by atoms with Crippen molar-refractivity contribution in [3.05, 3.63) is 28.8 Å². The minimum Gasteiger partial charge on any atom is -0.426 e. The van der Waals surface area contributed by atoms with Crippen LogP contribution in [0.15, 0.2) is 12.1 Å². The van der Waals surface area contributed by atoms with E-state index in [2.05, 4.69) is 32.0 Å². The SMILES string of the molecule is CCc1cc2c(cc1OC(C)=O)CC[C@@H]1[C@@H]2CC[C@@]2(C)[C@H]1CC[C@@]2(O)C#N. The van der Waals surface area contributed by atoms with Gasteiger partial charge >= 0.3 is 5.97 Å².